The van der Waals surface area contributed by atoms with E-state index in [4.69, 9.17) is 9.72 Å². The summed E-state index contributed by atoms with van der Waals surface area (Å²) in [5.41, 5.74) is 6.45. The normalized spacial score (nSPS) is 12.2. The third-order valence-corrected chi connectivity index (χ3v) is 10.2. The van der Waals surface area contributed by atoms with Crippen molar-refractivity contribution < 1.29 is 37.9 Å². The minimum atomic E-state index is -1.54. The van der Waals surface area contributed by atoms with Crippen LogP contribution in [-0.2, 0) is 38.8 Å². The van der Waals surface area contributed by atoms with E-state index in [1.165, 1.54) is 12.0 Å². The monoisotopic (exact) mass is 804 g/mol. The second-order valence-electron chi connectivity index (χ2n) is 14.1. The summed E-state index contributed by atoms with van der Waals surface area (Å²) in [4.78, 5) is 69.7. The number of aromatic amines is 2. The number of H-pyrrole nitrogens is 2. The summed E-state index contributed by atoms with van der Waals surface area (Å²) in [5, 5.41) is 4.07. The molecular formula is C43H45FN8O7. The van der Waals surface area contributed by atoms with Gasteiger partial charge in [-0.15, -0.1) is 5.12 Å². The van der Waals surface area contributed by atoms with E-state index in [2.05, 4.69) is 47.9 Å². The Labute approximate surface area is 339 Å². The molecule has 6 aromatic rings. The fourth-order valence-corrected chi connectivity index (χ4v) is 7.33. The van der Waals surface area contributed by atoms with Gasteiger partial charge in [0.2, 0.25) is 5.91 Å². The van der Waals surface area contributed by atoms with Gasteiger partial charge < -0.3 is 39.3 Å². The summed E-state index contributed by atoms with van der Waals surface area (Å²) in [5.74, 6) is 0.978. The van der Waals surface area contributed by atoms with Gasteiger partial charge in [-0.05, 0) is 64.7 Å². The number of carbonyl (C=O) groups is 4. The number of aromatic nitrogens is 4. The van der Waals surface area contributed by atoms with Crippen molar-refractivity contribution in [1.29, 1.82) is 0 Å². The van der Waals surface area contributed by atoms with Gasteiger partial charge in [-0.3, -0.25) is 9.59 Å². The first-order chi connectivity index (χ1) is 28.6. The standard InChI is InChI=1S/C43H45FN8O7/c1-5-16-50(38(53)22-46-42(55)57-3)23-36-45-21-34(48-36)28-12-14-30-29(18-28)25-59-35-20-31-27(19-32(30)35)13-15-33-39(31)49-37(47-33)24-51(17-6-2)41(54)40(52(44)43(56)58-4)26-10-8-7-9-11-26/h7-15,18-21,40H,5-6,16-17,22-25H2,1-4H3,(H,45,48)(H,46,55)(H,47,49)/t40-/m1/s1. The van der Waals surface area contributed by atoms with E-state index in [0.29, 0.717) is 54.6 Å². The van der Waals surface area contributed by atoms with Crippen LogP contribution in [0.5, 0.6) is 5.75 Å². The zero-order valence-electron chi connectivity index (χ0n) is 33.2. The van der Waals surface area contributed by atoms with E-state index in [0.717, 1.165) is 57.8 Å². The Kier molecular flexibility index (Phi) is 12.0. The molecule has 4 aromatic carbocycles. The number of carbonyl (C=O) groups excluding carboxylic acids is 4. The zero-order chi connectivity index (χ0) is 41.6. The van der Waals surface area contributed by atoms with E-state index >= 15 is 4.48 Å². The van der Waals surface area contributed by atoms with Crippen LogP contribution < -0.4 is 10.1 Å². The third kappa shape index (κ3) is 8.51. The first-order valence-electron chi connectivity index (χ1n) is 19.3. The SMILES string of the molecule is CCCN(Cc1ncc(-c2ccc3c(c2)COc2cc4c(ccc5[nH]c(CN(CCC)C(=O)[C@@H](c6ccccc6)N(F)C(=O)OC)nc54)cc2-3)[nH]1)C(=O)CNC(=O)OC. The number of hydrogen-bond donors (Lipinski definition) is 3. The molecule has 0 unspecified atom stereocenters. The van der Waals surface area contributed by atoms with Gasteiger partial charge in [0.05, 0.1) is 50.2 Å². The minimum Gasteiger partial charge on any atom is -0.488 e. The molecule has 15 nitrogen and oxygen atoms in total. The van der Waals surface area contributed by atoms with Crippen LogP contribution in [0.2, 0.25) is 0 Å². The van der Waals surface area contributed by atoms with Crippen molar-refractivity contribution in [2.24, 2.45) is 0 Å². The van der Waals surface area contributed by atoms with Crippen molar-refractivity contribution in [3.05, 3.63) is 102 Å². The molecule has 4 amide bonds. The predicted octanol–water partition coefficient (Wildman–Crippen LogP) is 7.19. The molecule has 1 atom stereocenters. The molecule has 0 radical (unpaired) electrons. The number of nitrogens with one attached hydrogen (secondary N) is 3. The summed E-state index contributed by atoms with van der Waals surface area (Å²) in [6.45, 7) is 5.17. The molecule has 0 aliphatic carbocycles. The summed E-state index contributed by atoms with van der Waals surface area (Å²) in [6, 6.07) is 20.9. The van der Waals surface area contributed by atoms with Gasteiger partial charge in [0.15, 0.2) is 6.04 Å². The van der Waals surface area contributed by atoms with Crippen LogP contribution in [0.3, 0.4) is 0 Å². The lowest BCUT2D eigenvalue weighted by Crippen LogP contribution is -2.42. The average molecular weight is 805 g/mol. The zero-order valence-corrected chi connectivity index (χ0v) is 33.2. The van der Waals surface area contributed by atoms with Crippen LogP contribution in [0.25, 0.3) is 44.2 Å². The largest absolute Gasteiger partial charge is 0.488 e. The number of nitrogens with zero attached hydrogens (tertiary/aromatic N) is 5. The number of alkyl carbamates (subject to hydrolysis) is 1. The van der Waals surface area contributed by atoms with E-state index in [1.807, 2.05) is 38.1 Å². The number of methoxy groups -OCH3 is 2. The number of benzene rings is 4. The van der Waals surface area contributed by atoms with E-state index in [9.17, 15) is 19.2 Å². The Morgan fingerprint density at radius 2 is 1.64 bits per heavy atom. The van der Waals surface area contributed by atoms with Crippen LogP contribution in [0, 0.1) is 0 Å². The Bertz CT molecular complexity index is 2500. The highest BCUT2D eigenvalue weighted by atomic mass is 19.2. The van der Waals surface area contributed by atoms with Gasteiger partial charge >= 0.3 is 12.2 Å². The molecule has 0 bridgehead atoms. The Morgan fingerprint density at radius 1 is 0.881 bits per heavy atom. The predicted molar refractivity (Wildman–Crippen MR) is 217 cm³/mol. The number of rotatable bonds is 14. The number of fused-ring (bicyclic) bond motifs is 6. The van der Waals surface area contributed by atoms with Crippen LogP contribution >= 0.6 is 0 Å². The number of hydrogen-bond acceptors (Lipinski definition) is 9. The maximum absolute atomic E-state index is 15.4. The van der Waals surface area contributed by atoms with Gasteiger partial charge in [0, 0.05) is 24.0 Å². The molecule has 59 heavy (non-hydrogen) atoms. The highest BCUT2D eigenvalue weighted by molar-refractivity contribution is 6.07. The van der Waals surface area contributed by atoms with Crippen molar-refractivity contribution in [3.63, 3.8) is 0 Å². The second kappa shape index (κ2) is 17.7. The molecule has 2 aromatic heterocycles. The minimum absolute atomic E-state index is 0.0554. The number of amides is 4. The second-order valence-corrected chi connectivity index (χ2v) is 14.1. The quantitative estimate of drug-likeness (QED) is 0.0963. The van der Waals surface area contributed by atoms with E-state index < -0.39 is 24.1 Å². The average Bonchev–Trinajstić information content (AvgIpc) is 3.91. The van der Waals surface area contributed by atoms with Crippen LogP contribution in [0.4, 0.5) is 14.1 Å². The molecule has 1 aliphatic heterocycles. The van der Waals surface area contributed by atoms with Gasteiger partial charge in [0.25, 0.3) is 5.91 Å². The van der Waals surface area contributed by atoms with Gasteiger partial charge in [-0.1, -0.05) is 66.9 Å². The topological polar surface area (TPSA) is 175 Å². The lowest BCUT2D eigenvalue weighted by Gasteiger charge is -2.29. The van der Waals surface area contributed by atoms with Crippen molar-refractivity contribution >= 4 is 45.8 Å². The Hall–Kier alpha value is -6.97. The van der Waals surface area contributed by atoms with Gasteiger partial charge in [-0.25, -0.2) is 19.6 Å². The number of imidazole rings is 2. The Morgan fingerprint density at radius 3 is 2.39 bits per heavy atom. The molecule has 306 valence electrons. The van der Waals surface area contributed by atoms with Crippen molar-refractivity contribution in [2.45, 2.75) is 52.4 Å². The summed E-state index contributed by atoms with van der Waals surface area (Å²) >= 11 is 0. The molecule has 16 heteroatoms. The first-order valence-corrected chi connectivity index (χ1v) is 19.3. The van der Waals surface area contributed by atoms with Crippen LogP contribution in [-0.4, -0.2) is 92.7 Å². The van der Waals surface area contributed by atoms with Gasteiger partial charge in [0.1, 0.15) is 30.5 Å². The molecule has 1 aliphatic rings. The van der Waals surface area contributed by atoms with Crippen LogP contribution in [0.15, 0.2) is 79.0 Å². The highest BCUT2D eigenvalue weighted by Gasteiger charge is 2.36. The summed E-state index contributed by atoms with van der Waals surface area (Å²) in [7, 11) is 2.31. The summed E-state index contributed by atoms with van der Waals surface area (Å²) in [6.07, 6.45) is 1.14. The number of ether oxygens (including phenoxy) is 3. The van der Waals surface area contributed by atoms with Crippen LogP contribution in [0.1, 0.15) is 55.5 Å². The maximum Gasteiger partial charge on any atom is 0.438 e. The molecule has 7 rings (SSSR count). The van der Waals surface area contributed by atoms with E-state index in [-0.39, 0.29) is 30.7 Å². The van der Waals surface area contributed by atoms with Crippen molar-refractivity contribution in [1.82, 2.24) is 40.2 Å². The molecular weight excluding hydrogens is 760 g/mol. The molecule has 3 N–H and O–H groups in total. The van der Waals surface area contributed by atoms with Crippen molar-refractivity contribution in [3.8, 4) is 28.1 Å². The fourth-order valence-electron chi connectivity index (χ4n) is 7.33. The molecule has 3 heterocycles. The molecule has 0 fully saturated rings. The van der Waals surface area contributed by atoms with Crippen molar-refractivity contribution in [2.75, 3.05) is 33.9 Å². The number of halogens is 1. The first kappa shape index (κ1) is 40.2. The smallest absolute Gasteiger partial charge is 0.438 e. The lowest BCUT2D eigenvalue weighted by molar-refractivity contribution is -0.144. The molecule has 0 spiro atoms. The molecule has 0 saturated heterocycles. The fraction of sp³-hybridized carbons (Fsp3) is 0.302. The van der Waals surface area contributed by atoms with E-state index in [1.54, 1.807) is 41.4 Å². The highest BCUT2D eigenvalue weighted by Crippen LogP contribution is 2.42. The Balaban J connectivity index is 1.11. The molecule has 0 saturated carbocycles. The lowest BCUT2D eigenvalue weighted by atomic mass is 9.92. The van der Waals surface area contributed by atoms with Gasteiger partial charge in [-0.2, -0.15) is 0 Å². The third-order valence-electron chi connectivity index (χ3n) is 10.2. The summed E-state index contributed by atoms with van der Waals surface area (Å²) < 4.78 is 30.9. The maximum atomic E-state index is 15.4.